The van der Waals surface area contributed by atoms with Gasteiger partial charge in [0.1, 0.15) is 17.1 Å². The molecule has 0 atom stereocenters. The van der Waals surface area contributed by atoms with Crippen LogP contribution in [-0.4, -0.2) is 31.9 Å². The highest BCUT2D eigenvalue weighted by Gasteiger charge is 2.13. The first kappa shape index (κ1) is 20.7. The summed E-state index contributed by atoms with van der Waals surface area (Å²) in [4.78, 5) is 28.9. The summed E-state index contributed by atoms with van der Waals surface area (Å²) >= 11 is 1.37. The average Bonchev–Trinajstić information content (AvgIpc) is 3.42. The predicted octanol–water partition coefficient (Wildman–Crippen LogP) is 3.12. The number of carbonyl (C=O) groups excluding carboxylic acids is 2. The van der Waals surface area contributed by atoms with E-state index in [0.29, 0.717) is 34.9 Å². The number of esters is 1. The fourth-order valence-corrected chi connectivity index (χ4v) is 3.83. The first-order valence-corrected chi connectivity index (χ1v) is 10.7. The Labute approximate surface area is 182 Å². The molecule has 0 spiro atoms. The predicted molar refractivity (Wildman–Crippen MR) is 116 cm³/mol. The van der Waals surface area contributed by atoms with Gasteiger partial charge in [-0.25, -0.2) is 14.5 Å². The molecule has 2 aromatic heterocycles. The summed E-state index contributed by atoms with van der Waals surface area (Å²) in [6, 6.07) is 14.9. The van der Waals surface area contributed by atoms with Crippen LogP contribution >= 0.6 is 11.3 Å². The van der Waals surface area contributed by atoms with Crippen molar-refractivity contribution in [1.29, 1.82) is 0 Å². The Morgan fingerprint density at radius 3 is 2.81 bits per heavy atom. The van der Waals surface area contributed by atoms with E-state index in [1.807, 2.05) is 43.3 Å². The summed E-state index contributed by atoms with van der Waals surface area (Å²) in [6.45, 7) is 3.20. The monoisotopic (exact) mass is 435 g/mol. The third-order valence-electron chi connectivity index (χ3n) is 4.64. The summed E-state index contributed by atoms with van der Waals surface area (Å²) in [5.41, 5.74) is 3.58. The minimum absolute atomic E-state index is 0.0423. The zero-order chi connectivity index (χ0) is 21.6. The number of aryl methyl sites for hydroxylation is 1. The molecule has 0 saturated carbocycles. The van der Waals surface area contributed by atoms with Crippen LogP contribution < -0.4 is 5.32 Å². The number of benzene rings is 2. The van der Waals surface area contributed by atoms with Gasteiger partial charge in [0.2, 0.25) is 5.91 Å². The molecule has 1 N–H and O–H groups in total. The van der Waals surface area contributed by atoms with Gasteiger partial charge >= 0.3 is 5.97 Å². The molecule has 0 unspecified atom stereocenters. The number of fused-ring (bicyclic) bond motifs is 1. The Hall–Kier alpha value is -3.59. The fraction of sp³-hybridized carbons (Fsp3) is 0.227. The number of aromatic nitrogens is 4. The molecule has 0 fully saturated rings. The van der Waals surface area contributed by atoms with Gasteiger partial charge in [0.15, 0.2) is 0 Å². The Balaban J connectivity index is 1.28. The van der Waals surface area contributed by atoms with Crippen molar-refractivity contribution in [3.63, 3.8) is 0 Å². The first-order chi connectivity index (χ1) is 15.1. The maximum Gasteiger partial charge on any atom is 0.338 e. The van der Waals surface area contributed by atoms with Gasteiger partial charge in [0.05, 0.1) is 23.2 Å². The van der Waals surface area contributed by atoms with Crippen molar-refractivity contribution in [2.45, 2.75) is 33.0 Å². The lowest BCUT2D eigenvalue weighted by molar-refractivity contribution is -0.120. The second-order valence-corrected chi connectivity index (χ2v) is 7.80. The molecule has 0 aliphatic rings. The lowest BCUT2D eigenvalue weighted by Crippen LogP contribution is -2.24. The summed E-state index contributed by atoms with van der Waals surface area (Å²) in [6.07, 6.45) is 0.190. The van der Waals surface area contributed by atoms with E-state index < -0.39 is 5.97 Å². The number of hydrogen-bond acceptors (Lipinski definition) is 7. The van der Waals surface area contributed by atoms with E-state index in [-0.39, 0.29) is 18.9 Å². The SMILES string of the molecule is CCn1nnc2cc(C(=O)OCc3csc(CC(=O)NCc4ccccc4)n3)ccc21. The van der Waals surface area contributed by atoms with Gasteiger partial charge in [-0.2, -0.15) is 0 Å². The maximum atomic E-state index is 12.4. The van der Waals surface area contributed by atoms with Crippen molar-refractivity contribution in [2.24, 2.45) is 0 Å². The van der Waals surface area contributed by atoms with Crippen LogP contribution in [0.15, 0.2) is 53.9 Å². The van der Waals surface area contributed by atoms with E-state index in [4.69, 9.17) is 4.74 Å². The number of amides is 1. The molecule has 31 heavy (non-hydrogen) atoms. The molecule has 0 radical (unpaired) electrons. The number of rotatable bonds is 8. The zero-order valence-electron chi connectivity index (χ0n) is 16.9. The van der Waals surface area contributed by atoms with Gasteiger partial charge in [0, 0.05) is 18.5 Å². The van der Waals surface area contributed by atoms with E-state index in [2.05, 4.69) is 20.6 Å². The molecule has 4 rings (SSSR count). The van der Waals surface area contributed by atoms with Crippen molar-refractivity contribution >= 4 is 34.2 Å². The van der Waals surface area contributed by atoms with Crippen LogP contribution in [0.2, 0.25) is 0 Å². The van der Waals surface area contributed by atoms with Crippen molar-refractivity contribution in [3.05, 3.63) is 75.7 Å². The minimum Gasteiger partial charge on any atom is -0.456 e. The van der Waals surface area contributed by atoms with Crippen LogP contribution in [0.5, 0.6) is 0 Å². The number of hydrogen-bond donors (Lipinski definition) is 1. The fourth-order valence-electron chi connectivity index (χ4n) is 3.05. The highest BCUT2D eigenvalue weighted by Crippen LogP contribution is 2.16. The Morgan fingerprint density at radius 2 is 2.00 bits per heavy atom. The van der Waals surface area contributed by atoms with Gasteiger partial charge in [-0.05, 0) is 30.7 Å². The maximum absolute atomic E-state index is 12.4. The molecule has 1 amide bonds. The van der Waals surface area contributed by atoms with Crippen LogP contribution in [0, 0.1) is 0 Å². The van der Waals surface area contributed by atoms with Crippen LogP contribution in [0.4, 0.5) is 0 Å². The Morgan fingerprint density at radius 1 is 1.16 bits per heavy atom. The summed E-state index contributed by atoms with van der Waals surface area (Å²) in [5, 5.41) is 13.5. The van der Waals surface area contributed by atoms with Gasteiger partial charge in [-0.1, -0.05) is 35.5 Å². The molecule has 2 heterocycles. The largest absolute Gasteiger partial charge is 0.456 e. The second kappa shape index (κ2) is 9.48. The van der Waals surface area contributed by atoms with E-state index in [9.17, 15) is 9.59 Å². The molecular weight excluding hydrogens is 414 g/mol. The highest BCUT2D eigenvalue weighted by atomic mass is 32.1. The molecule has 2 aromatic carbocycles. The number of nitrogens with zero attached hydrogens (tertiary/aromatic N) is 4. The Bertz CT molecular complexity index is 1200. The van der Waals surface area contributed by atoms with Crippen molar-refractivity contribution in [1.82, 2.24) is 25.3 Å². The van der Waals surface area contributed by atoms with Crippen LogP contribution in [0.25, 0.3) is 11.0 Å². The van der Waals surface area contributed by atoms with Crippen molar-refractivity contribution in [2.75, 3.05) is 0 Å². The van der Waals surface area contributed by atoms with Crippen LogP contribution in [-0.2, 0) is 35.6 Å². The minimum atomic E-state index is -0.455. The van der Waals surface area contributed by atoms with E-state index in [1.54, 1.807) is 22.2 Å². The third kappa shape index (κ3) is 5.13. The molecule has 158 valence electrons. The number of carbonyl (C=O) groups is 2. The molecule has 4 aromatic rings. The standard InChI is InChI=1S/C22H21N5O3S/c1-2-27-19-9-8-16(10-18(19)25-26-27)22(29)30-13-17-14-31-21(24-17)11-20(28)23-12-15-6-4-3-5-7-15/h3-10,14H,2,11-13H2,1H3,(H,23,28). The van der Waals surface area contributed by atoms with Crippen LogP contribution in [0.3, 0.4) is 0 Å². The Kier molecular flexibility index (Phi) is 6.32. The van der Waals surface area contributed by atoms with Gasteiger partial charge in [0.25, 0.3) is 0 Å². The quantitative estimate of drug-likeness (QED) is 0.427. The topological polar surface area (TPSA) is 99.0 Å². The average molecular weight is 436 g/mol. The van der Waals surface area contributed by atoms with E-state index in [0.717, 1.165) is 11.1 Å². The molecule has 8 nitrogen and oxygen atoms in total. The molecular formula is C22H21N5O3S. The third-order valence-corrected chi connectivity index (χ3v) is 5.54. The molecule has 9 heteroatoms. The molecule has 0 saturated heterocycles. The van der Waals surface area contributed by atoms with Gasteiger partial charge in [-0.3, -0.25) is 4.79 Å². The number of ether oxygens (including phenoxy) is 1. The summed E-state index contributed by atoms with van der Waals surface area (Å²) in [5.74, 6) is -0.557. The van der Waals surface area contributed by atoms with Crippen molar-refractivity contribution < 1.29 is 14.3 Å². The van der Waals surface area contributed by atoms with Crippen LogP contribution in [0.1, 0.15) is 33.5 Å². The zero-order valence-corrected chi connectivity index (χ0v) is 17.8. The van der Waals surface area contributed by atoms with Crippen molar-refractivity contribution in [3.8, 4) is 0 Å². The van der Waals surface area contributed by atoms with E-state index >= 15 is 0 Å². The van der Waals surface area contributed by atoms with Gasteiger partial charge < -0.3 is 10.1 Å². The summed E-state index contributed by atoms with van der Waals surface area (Å²) < 4.78 is 7.13. The normalized spacial score (nSPS) is 10.9. The smallest absolute Gasteiger partial charge is 0.338 e. The molecule has 0 aliphatic heterocycles. The molecule has 0 bridgehead atoms. The highest BCUT2D eigenvalue weighted by molar-refractivity contribution is 7.09. The first-order valence-electron chi connectivity index (χ1n) is 9.86. The van der Waals surface area contributed by atoms with Gasteiger partial charge in [-0.15, -0.1) is 16.4 Å². The second-order valence-electron chi connectivity index (χ2n) is 6.86. The number of thiazole rings is 1. The molecule has 0 aliphatic carbocycles. The number of nitrogens with one attached hydrogen (secondary N) is 1. The lowest BCUT2D eigenvalue weighted by Gasteiger charge is -2.04. The van der Waals surface area contributed by atoms with E-state index in [1.165, 1.54) is 11.3 Å². The summed E-state index contributed by atoms with van der Waals surface area (Å²) in [7, 11) is 0. The lowest BCUT2D eigenvalue weighted by atomic mass is 10.2.